The van der Waals surface area contributed by atoms with E-state index >= 15 is 0 Å². The first kappa shape index (κ1) is 19.6. The van der Waals surface area contributed by atoms with Gasteiger partial charge in [0.1, 0.15) is 5.75 Å². The molecular formula is C16H17BrNO3Y-. The van der Waals surface area contributed by atoms with Crippen molar-refractivity contribution in [3.05, 3.63) is 50.7 Å². The van der Waals surface area contributed by atoms with Gasteiger partial charge in [-0.15, -0.1) is 22.0 Å². The SMILES string of the molecule is CCn1c(-c2ccc(OCOC)cc2C)[c-]cc(Br)c1=O.[Y]. The van der Waals surface area contributed by atoms with Crippen molar-refractivity contribution >= 4 is 15.9 Å². The number of pyridine rings is 1. The summed E-state index contributed by atoms with van der Waals surface area (Å²) < 4.78 is 12.5. The second-order valence-corrected chi connectivity index (χ2v) is 5.42. The molecule has 4 nitrogen and oxygen atoms in total. The third kappa shape index (κ3) is 4.28. The summed E-state index contributed by atoms with van der Waals surface area (Å²) in [6.45, 7) is 4.72. The van der Waals surface area contributed by atoms with E-state index in [1.165, 1.54) is 0 Å². The second-order valence-electron chi connectivity index (χ2n) is 4.56. The molecule has 0 fully saturated rings. The monoisotopic (exact) mass is 439 g/mol. The van der Waals surface area contributed by atoms with Crippen molar-refractivity contribution < 1.29 is 42.2 Å². The molecule has 0 amide bonds. The third-order valence-corrected chi connectivity index (χ3v) is 3.74. The van der Waals surface area contributed by atoms with Crippen LogP contribution in [0.15, 0.2) is 33.5 Å². The molecule has 1 heterocycles. The van der Waals surface area contributed by atoms with E-state index in [2.05, 4.69) is 22.0 Å². The molecule has 2 rings (SSSR count). The largest absolute Gasteiger partial charge is 0.468 e. The average molecular weight is 440 g/mol. The van der Waals surface area contributed by atoms with Gasteiger partial charge in [0.15, 0.2) is 6.79 Å². The smallest absolute Gasteiger partial charge is 0.208 e. The van der Waals surface area contributed by atoms with E-state index in [-0.39, 0.29) is 45.1 Å². The molecule has 0 bridgehead atoms. The van der Waals surface area contributed by atoms with Crippen molar-refractivity contribution in [3.63, 3.8) is 0 Å². The van der Waals surface area contributed by atoms with Crippen molar-refractivity contribution in [2.75, 3.05) is 13.9 Å². The molecule has 1 aromatic carbocycles. The van der Waals surface area contributed by atoms with Gasteiger partial charge < -0.3 is 14.0 Å². The van der Waals surface area contributed by atoms with Gasteiger partial charge in [-0.1, -0.05) is 23.7 Å². The first-order chi connectivity index (χ1) is 10.1. The number of halogens is 1. The van der Waals surface area contributed by atoms with E-state index in [1.807, 2.05) is 32.0 Å². The molecule has 0 saturated heterocycles. The van der Waals surface area contributed by atoms with Gasteiger partial charge in [-0.25, -0.2) is 0 Å². The number of benzene rings is 1. The van der Waals surface area contributed by atoms with Gasteiger partial charge in [-0.2, -0.15) is 12.1 Å². The fourth-order valence-corrected chi connectivity index (χ4v) is 2.47. The Bertz CT molecular complexity index is 700. The standard InChI is InChI=1S/C16H17BrNO3.Y/c1-4-18-15(8-7-14(17)16(18)19)13-6-5-12(9-11(13)2)21-10-20-3;/h5-7,9H,4,10H2,1-3H3;/q-1;. The first-order valence-corrected chi connectivity index (χ1v) is 7.41. The molecule has 2 aromatic rings. The molecular weight excluding hydrogens is 423 g/mol. The maximum atomic E-state index is 12.2. The maximum Gasteiger partial charge on any atom is 0.208 e. The third-order valence-electron chi connectivity index (χ3n) is 3.17. The van der Waals surface area contributed by atoms with Crippen molar-refractivity contribution in [3.8, 4) is 17.0 Å². The normalized spacial score (nSPS) is 10.2. The number of rotatable bonds is 5. The molecule has 115 valence electrons. The predicted octanol–water partition coefficient (Wildman–Crippen LogP) is 3.39. The number of ether oxygens (including phenoxy) is 2. The van der Waals surface area contributed by atoms with Crippen LogP contribution in [-0.2, 0) is 44.0 Å². The van der Waals surface area contributed by atoms with Crippen molar-refractivity contribution in [1.29, 1.82) is 0 Å². The van der Waals surface area contributed by atoms with Crippen molar-refractivity contribution in [1.82, 2.24) is 4.57 Å². The van der Waals surface area contributed by atoms with Gasteiger partial charge in [-0.05, 0) is 23.5 Å². The molecule has 0 N–H and O–H groups in total. The van der Waals surface area contributed by atoms with Crippen LogP contribution in [0.2, 0.25) is 0 Å². The molecule has 0 atom stereocenters. The summed E-state index contributed by atoms with van der Waals surface area (Å²) in [5, 5.41) is 0. The Hall–Kier alpha value is -0.486. The fourth-order valence-electron chi connectivity index (χ4n) is 2.15. The number of aryl methyl sites for hydroxylation is 1. The summed E-state index contributed by atoms with van der Waals surface area (Å²) in [5.74, 6) is 0.737. The first-order valence-electron chi connectivity index (χ1n) is 6.62. The minimum Gasteiger partial charge on any atom is -0.468 e. The number of methoxy groups -OCH3 is 1. The summed E-state index contributed by atoms with van der Waals surface area (Å²) >= 11 is 3.25. The van der Waals surface area contributed by atoms with E-state index in [4.69, 9.17) is 9.47 Å². The molecule has 1 aromatic heterocycles. The molecule has 0 aliphatic heterocycles. The van der Waals surface area contributed by atoms with Gasteiger partial charge in [0.25, 0.3) is 0 Å². The van der Waals surface area contributed by atoms with E-state index in [1.54, 1.807) is 17.7 Å². The van der Waals surface area contributed by atoms with Crippen LogP contribution in [0.25, 0.3) is 11.3 Å². The van der Waals surface area contributed by atoms with Crippen LogP contribution >= 0.6 is 15.9 Å². The Kier molecular flexibility index (Phi) is 7.97. The molecule has 0 spiro atoms. The summed E-state index contributed by atoms with van der Waals surface area (Å²) in [6.07, 6.45) is 0. The van der Waals surface area contributed by atoms with Gasteiger partial charge in [0.05, 0.1) is 0 Å². The Balaban J connectivity index is 0.00000242. The summed E-state index contributed by atoms with van der Waals surface area (Å²) in [6, 6.07) is 10.6. The van der Waals surface area contributed by atoms with Crippen LogP contribution in [0.3, 0.4) is 0 Å². The van der Waals surface area contributed by atoms with Crippen LogP contribution in [0.4, 0.5) is 0 Å². The van der Waals surface area contributed by atoms with Crippen LogP contribution in [-0.4, -0.2) is 18.5 Å². The Morgan fingerprint density at radius 1 is 1.36 bits per heavy atom. The fraction of sp³-hybridized carbons (Fsp3) is 0.312. The topological polar surface area (TPSA) is 40.5 Å². The van der Waals surface area contributed by atoms with Crippen LogP contribution in [0.5, 0.6) is 5.75 Å². The molecule has 0 unspecified atom stereocenters. The number of aromatic nitrogens is 1. The predicted molar refractivity (Wildman–Crippen MR) is 85.6 cm³/mol. The Morgan fingerprint density at radius 2 is 2.09 bits per heavy atom. The summed E-state index contributed by atoms with van der Waals surface area (Å²) in [4.78, 5) is 12.2. The number of nitrogens with zero attached hydrogens (tertiary/aromatic N) is 1. The number of hydrogen-bond acceptors (Lipinski definition) is 3. The van der Waals surface area contributed by atoms with E-state index in [9.17, 15) is 4.79 Å². The minimum atomic E-state index is -0.0506. The average Bonchev–Trinajstić information content (AvgIpc) is 2.48. The van der Waals surface area contributed by atoms with E-state index < -0.39 is 0 Å². The molecule has 1 radical (unpaired) electrons. The molecule has 6 heteroatoms. The second kappa shape index (κ2) is 8.97. The quantitative estimate of drug-likeness (QED) is 0.529. The van der Waals surface area contributed by atoms with E-state index in [0.717, 1.165) is 22.6 Å². The van der Waals surface area contributed by atoms with Crippen LogP contribution < -0.4 is 10.3 Å². The van der Waals surface area contributed by atoms with E-state index in [0.29, 0.717) is 11.0 Å². The minimum absolute atomic E-state index is 0. The van der Waals surface area contributed by atoms with Crippen molar-refractivity contribution in [2.24, 2.45) is 0 Å². The zero-order valence-electron chi connectivity index (χ0n) is 12.9. The van der Waals surface area contributed by atoms with Crippen molar-refractivity contribution in [2.45, 2.75) is 20.4 Å². The Labute approximate surface area is 163 Å². The van der Waals surface area contributed by atoms with Gasteiger partial charge in [0.2, 0.25) is 5.56 Å². The summed E-state index contributed by atoms with van der Waals surface area (Å²) in [5.41, 5.74) is 2.71. The van der Waals surface area contributed by atoms with Gasteiger partial charge in [0, 0.05) is 46.4 Å². The van der Waals surface area contributed by atoms with Gasteiger partial charge >= 0.3 is 0 Å². The summed E-state index contributed by atoms with van der Waals surface area (Å²) in [7, 11) is 1.58. The molecule has 22 heavy (non-hydrogen) atoms. The zero-order valence-corrected chi connectivity index (χ0v) is 17.3. The molecule has 0 saturated carbocycles. The zero-order chi connectivity index (χ0) is 15.4. The maximum absolute atomic E-state index is 12.2. The molecule has 0 aliphatic rings. The Morgan fingerprint density at radius 3 is 2.68 bits per heavy atom. The number of hydrogen-bond donors (Lipinski definition) is 0. The molecule has 0 aliphatic carbocycles. The van der Waals surface area contributed by atoms with Crippen LogP contribution in [0.1, 0.15) is 12.5 Å². The van der Waals surface area contributed by atoms with Crippen LogP contribution in [0, 0.1) is 13.0 Å². The van der Waals surface area contributed by atoms with Gasteiger partial charge in [-0.3, -0.25) is 4.79 Å².